The predicted molar refractivity (Wildman–Crippen MR) is 109 cm³/mol. The van der Waals surface area contributed by atoms with Gasteiger partial charge in [0.25, 0.3) is 11.6 Å². The molecule has 9 heteroatoms. The van der Waals surface area contributed by atoms with Gasteiger partial charge in [0.15, 0.2) is 6.61 Å². The molecule has 2 aromatic carbocycles. The molecule has 9 nitrogen and oxygen atoms in total. The van der Waals surface area contributed by atoms with Crippen molar-refractivity contribution in [3.05, 3.63) is 69.3 Å². The number of anilines is 1. The smallest absolute Gasteiger partial charge is 0.341 e. The molecule has 0 unspecified atom stereocenters. The molecule has 3 rings (SSSR count). The van der Waals surface area contributed by atoms with Gasteiger partial charge >= 0.3 is 5.97 Å². The molecule has 0 spiro atoms. The Morgan fingerprint density at radius 3 is 2.80 bits per heavy atom. The van der Waals surface area contributed by atoms with Crippen LogP contribution in [0.3, 0.4) is 0 Å². The summed E-state index contributed by atoms with van der Waals surface area (Å²) in [5.74, 6) is -1.31. The molecule has 0 aliphatic heterocycles. The van der Waals surface area contributed by atoms with E-state index in [-0.39, 0.29) is 36.1 Å². The van der Waals surface area contributed by atoms with Crippen LogP contribution in [-0.2, 0) is 16.0 Å². The Balaban J connectivity index is 1.64. The summed E-state index contributed by atoms with van der Waals surface area (Å²) < 4.78 is 5.10. The first kappa shape index (κ1) is 21.3. The third kappa shape index (κ3) is 5.12. The fourth-order valence-electron chi connectivity index (χ4n) is 3.51. The number of amides is 1. The fraction of sp³-hybridized carbons (Fsp3) is 0.333. The van der Waals surface area contributed by atoms with Gasteiger partial charge in [0.2, 0.25) is 0 Å². The average Bonchev–Trinajstić information content (AvgIpc) is 2.76. The third-order valence-corrected chi connectivity index (χ3v) is 4.90. The maximum atomic E-state index is 12.5. The Morgan fingerprint density at radius 1 is 1.23 bits per heavy atom. The van der Waals surface area contributed by atoms with E-state index in [0.717, 1.165) is 30.9 Å². The number of fused-ring (bicyclic) bond motifs is 1. The minimum absolute atomic E-state index is 0.0755. The number of nitro groups is 1. The van der Waals surface area contributed by atoms with Crippen molar-refractivity contribution in [1.82, 2.24) is 5.32 Å². The van der Waals surface area contributed by atoms with Crippen molar-refractivity contribution in [2.45, 2.75) is 25.3 Å². The van der Waals surface area contributed by atoms with Crippen molar-refractivity contribution in [1.29, 1.82) is 0 Å². The lowest BCUT2D eigenvalue weighted by Gasteiger charge is -2.26. The maximum absolute atomic E-state index is 12.5. The highest BCUT2D eigenvalue weighted by Gasteiger charge is 2.23. The SMILES string of the molecule is O=C(COC(=O)c1cc([N+](=O)[O-])ccc1NCCO)N[C@@H]1CCCc2ccccc21. The van der Waals surface area contributed by atoms with Crippen LogP contribution in [0.15, 0.2) is 42.5 Å². The van der Waals surface area contributed by atoms with Crippen LogP contribution in [0.4, 0.5) is 11.4 Å². The van der Waals surface area contributed by atoms with E-state index in [1.807, 2.05) is 24.3 Å². The lowest BCUT2D eigenvalue weighted by molar-refractivity contribution is -0.384. The minimum Gasteiger partial charge on any atom is -0.452 e. The number of carbonyl (C=O) groups is 2. The van der Waals surface area contributed by atoms with Gasteiger partial charge in [0.05, 0.1) is 23.1 Å². The van der Waals surface area contributed by atoms with Gasteiger partial charge in [-0.05, 0) is 36.5 Å². The van der Waals surface area contributed by atoms with Crippen molar-refractivity contribution in [2.24, 2.45) is 0 Å². The van der Waals surface area contributed by atoms with Crippen molar-refractivity contribution in [3.63, 3.8) is 0 Å². The van der Waals surface area contributed by atoms with E-state index in [9.17, 15) is 19.7 Å². The number of hydrogen-bond donors (Lipinski definition) is 3. The van der Waals surface area contributed by atoms with Crippen LogP contribution in [0, 0.1) is 10.1 Å². The zero-order chi connectivity index (χ0) is 21.5. The quantitative estimate of drug-likeness (QED) is 0.344. The standard InChI is InChI=1S/C21H23N3O6/c25-11-10-22-18-9-8-15(24(28)29)12-17(18)21(27)30-13-20(26)23-19-7-3-5-14-4-1-2-6-16(14)19/h1-2,4,6,8-9,12,19,22,25H,3,5,7,10-11,13H2,(H,23,26)/t19-/m1/s1. The highest BCUT2D eigenvalue weighted by atomic mass is 16.6. The number of benzene rings is 2. The Bertz CT molecular complexity index is 946. The second-order valence-electron chi connectivity index (χ2n) is 6.92. The Hall–Kier alpha value is -3.46. The summed E-state index contributed by atoms with van der Waals surface area (Å²) in [6.07, 6.45) is 2.72. The van der Waals surface area contributed by atoms with E-state index in [4.69, 9.17) is 9.84 Å². The number of carbonyl (C=O) groups excluding carboxylic acids is 2. The Labute approximate surface area is 173 Å². The van der Waals surface area contributed by atoms with E-state index < -0.39 is 23.4 Å². The molecule has 0 radical (unpaired) electrons. The first-order valence-electron chi connectivity index (χ1n) is 9.67. The minimum atomic E-state index is -0.863. The molecule has 0 saturated carbocycles. The molecule has 1 aliphatic carbocycles. The molecule has 0 saturated heterocycles. The zero-order valence-electron chi connectivity index (χ0n) is 16.3. The molecule has 0 aromatic heterocycles. The largest absolute Gasteiger partial charge is 0.452 e. The Morgan fingerprint density at radius 2 is 2.03 bits per heavy atom. The molecule has 0 fully saturated rings. The van der Waals surface area contributed by atoms with Crippen LogP contribution in [0.1, 0.15) is 40.4 Å². The van der Waals surface area contributed by atoms with Crippen LogP contribution >= 0.6 is 0 Å². The summed E-state index contributed by atoms with van der Waals surface area (Å²) in [6.45, 7) is -0.532. The van der Waals surface area contributed by atoms with Gasteiger partial charge in [0.1, 0.15) is 0 Å². The van der Waals surface area contributed by atoms with Crippen molar-refractivity contribution >= 4 is 23.3 Å². The first-order valence-corrected chi connectivity index (χ1v) is 9.67. The first-order chi connectivity index (χ1) is 14.5. The summed E-state index contributed by atoms with van der Waals surface area (Å²) in [5.41, 5.74) is 2.19. The predicted octanol–water partition coefficient (Wildman–Crippen LogP) is 2.35. The van der Waals surface area contributed by atoms with Crippen LogP contribution in [0.2, 0.25) is 0 Å². The molecule has 30 heavy (non-hydrogen) atoms. The molecule has 1 atom stereocenters. The highest BCUT2D eigenvalue weighted by molar-refractivity contribution is 5.97. The van der Waals surface area contributed by atoms with Gasteiger partial charge in [-0.1, -0.05) is 24.3 Å². The van der Waals surface area contributed by atoms with Gasteiger partial charge in [-0.25, -0.2) is 4.79 Å². The van der Waals surface area contributed by atoms with Gasteiger partial charge in [-0.2, -0.15) is 0 Å². The molecule has 3 N–H and O–H groups in total. The van der Waals surface area contributed by atoms with Gasteiger partial charge < -0.3 is 20.5 Å². The van der Waals surface area contributed by atoms with Crippen LogP contribution in [0.25, 0.3) is 0 Å². The number of non-ortho nitro benzene ring substituents is 1. The van der Waals surface area contributed by atoms with Crippen molar-refractivity contribution in [2.75, 3.05) is 25.1 Å². The average molecular weight is 413 g/mol. The fourth-order valence-corrected chi connectivity index (χ4v) is 3.51. The molecule has 1 aliphatic rings. The highest BCUT2D eigenvalue weighted by Crippen LogP contribution is 2.29. The topological polar surface area (TPSA) is 131 Å². The number of rotatable bonds is 8. The van der Waals surface area contributed by atoms with Gasteiger partial charge in [-0.3, -0.25) is 14.9 Å². The number of esters is 1. The zero-order valence-corrected chi connectivity index (χ0v) is 16.3. The van der Waals surface area contributed by atoms with E-state index in [1.54, 1.807) is 0 Å². The third-order valence-electron chi connectivity index (χ3n) is 4.90. The molecule has 0 bridgehead atoms. The van der Waals surface area contributed by atoms with E-state index in [0.29, 0.717) is 0 Å². The lowest BCUT2D eigenvalue weighted by atomic mass is 9.88. The second-order valence-corrected chi connectivity index (χ2v) is 6.92. The van der Waals surface area contributed by atoms with Crippen molar-refractivity contribution in [3.8, 4) is 0 Å². The summed E-state index contributed by atoms with van der Waals surface area (Å²) in [6, 6.07) is 11.5. The number of nitro benzene ring substituents is 1. The molecule has 0 heterocycles. The van der Waals surface area contributed by atoms with Crippen molar-refractivity contribution < 1.29 is 24.4 Å². The summed E-state index contributed by atoms with van der Waals surface area (Å²) in [4.78, 5) is 35.2. The van der Waals surface area contributed by atoms with Crippen LogP contribution in [-0.4, -0.2) is 41.7 Å². The van der Waals surface area contributed by atoms with Gasteiger partial charge in [-0.15, -0.1) is 0 Å². The molecule has 2 aromatic rings. The number of ether oxygens (including phenoxy) is 1. The van der Waals surface area contributed by atoms with E-state index in [2.05, 4.69) is 10.6 Å². The van der Waals surface area contributed by atoms with Gasteiger partial charge in [0, 0.05) is 24.4 Å². The number of hydrogen-bond acceptors (Lipinski definition) is 7. The summed E-state index contributed by atoms with van der Waals surface area (Å²) >= 11 is 0. The molecule has 158 valence electrons. The second kappa shape index (κ2) is 9.84. The number of nitrogens with zero attached hydrogens (tertiary/aromatic N) is 1. The molecular weight excluding hydrogens is 390 g/mol. The van der Waals surface area contributed by atoms with E-state index >= 15 is 0 Å². The number of nitrogens with one attached hydrogen (secondary N) is 2. The number of aryl methyl sites for hydroxylation is 1. The number of aliphatic hydroxyl groups is 1. The summed E-state index contributed by atoms with van der Waals surface area (Å²) in [7, 11) is 0. The number of aliphatic hydroxyl groups excluding tert-OH is 1. The van der Waals surface area contributed by atoms with Crippen LogP contribution in [0.5, 0.6) is 0 Å². The molecule has 1 amide bonds. The van der Waals surface area contributed by atoms with E-state index in [1.165, 1.54) is 17.7 Å². The Kier molecular flexibility index (Phi) is 6.97. The summed E-state index contributed by atoms with van der Waals surface area (Å²) in [5, 5.41) is 25.7. The molecular formula is C21H23N3O6. The van der Waals surface area contributed by atoms with Crippen LogP contribution < -0.4 is 10.6 Å². The maximum Gasteiger partial charge on any atom is 0.341 e. The normalized spacial score (nSPS) is 15.0. The monoisotopic (exact) mass is 413 g/mol. The lowest BCUT2D eigenvalue weighted by Crippen LogP contribution is -2.34.